The van der Waals surface area contributed by atoms with Crippen LogP contribution in [0.3, 0.4) is 0 Å². The maximum Gasteiger partial charge on any atom is 0.332 e. The number of allylic oxidation sites excluding steroid dienone is 2. The zero-order chi connectivity index (χ0) is 12.2. The first-order valence-electron chi connectivity index (χ1n) is 5.19. The smallest absolute Gasteiger partial charge is 0.332 e. The lowest BCUT2D eigenvalue weighted by Crippen LogP contribution is -2.14. The Bertz CT molecular complexity index is 347. The number of ether oxygens (including phenoxy) is 1. The number of unbranched alkanes of at least 4 members (excludes halogenated alkanes) is 1. The van der Waals surface area contributed by atoms with E-state index in [-0.39, 0.29) is 6.10 Å². The number of hydrogen-bond donors (Lipinski definition) is 0. The molecule has 0 aliphatic heterocycles. The van der Waals surface area contributed by atoms with Crippen molar-refractivity contribution >= 4 is 5.97 Å². The van der Waals surface area contributed by atoms with Crippen molar-refractivity contribution in [2.75, 3.05) is 0 Å². The fourth-order valence-corrected chi connectivity index (χ4v) is 0.998. The number of esters is 1. The minimum Gasteiger partial charge on any atom is -0.446 e. The fraction of sp³-hybridized carbons (Fsp3) is 0.357. The van der Waals surface area contributed by atoms with Gasteiger partial charge in [-0.2, -0.15) is 0 Å². The lowest BCUT2D eigenvalue weighted by Gasteiger charge is -2.09. The molecule has 0 aromatic rings. The first-order chi connectivity index (χ1) is 7.74. The fourth-order valence-electron chi connectivity index (χ4n) is 0.998. The highest BCUT2D eigenvalue weighted by atomic mass is 16.5. The van der Waals surface area contributed by atoms with E-state index in [1.807, 2.05) is 0 Å². The van der Waals surface area contributed by atoms with Crippen molar-refractivity contribution in [1.82, 2.24) is 0 Å². The standard InChI is InChI=1S/C14H16O2/c1-4-7-10-13(11-8-5-2)16-14(15)12-9-6-3/h3-4,9,12-13H,1,5,8,11H2,2H3/b12-9+. The van der Waals surface area contributed by atoms with Crippen molar-refractivity contribution in [3.63, 3.8) is 0 Å². The Hall–Kier alpha value is -1.93. The quantitative estimate of drug-likeness (QED) is 0.401. The normalized spacial score (nSPS) is 11.0. The molecule has 0 aromatic carbocycles. The van der Waals surface area contributed by atoms with Crippen LogP contribution in [-0.2, 0) is 9.53 Å². The number of carbonyl (C=O) groups excluding carboxylic acids is 1. The maximum absolute atomic E-state index is 11.2. The van der Waals surface area contributed by atoms with Crippen LogP contribution in [0.2, 0.25) is 0 Å². The van der Waals surface area contributed by atoms with Crippen LogP contribution < -0.4 is 0 Å². The molecule has 2 nitrogen and oxygen atoms in total. The van der Waals surface area contributed by atoms with Gasteiger partial charge in [0.15, 0.2) is 6.10 Å². The molecule has 16 heavy (non-hydrogen) atoms. The molecule has 84 valence electrons. The average Bonchev–Trinajstić information content (AvgIpc) is 2.30. The molecule has 0 N–H and O–H groups in total. The van der Waals surface area contributed by atoms with E-state index in [0.29, 0.717) is 0 Å². The van der Waals surface area contributed by atoms with Crippen LogP contribution in [0, 0.1) is 24.2 Å². The van der Waals surface area contributed by atoms with Gasteiger partial charge in [0.25, 0.3) is 0 Å². The number of terminal acetylenes is 1. The molecule has 0 aliphatic rings. The van der Waals surface area contributed by atoms with Crippen molar-refractivity contribution in [3.05, 3.63) is 24.8 Å². The highest BCUT2D eigenvalue weighted by Gasteiger charge is 2.08. The molecule has 0 radical (unpaired) electrons. The summed E-state index contributed by atoms with van der Waals surface area (Å²) in [6.07, 6.45) is 11.3. The van der Waals surface area contributed by atoms with Gasteiger partial charge in [-0.3, -0.25) is 0 Å². The van der Waals surface area contributed by atoms with Gasteiger partial charge in [-0.15, -0.1) is 6.42 Å². The second kappa shape index (κ2) is 9.62. The van der Waals surface area contributed by atoms with E-state index in [4.69, 9.17) is 11.2 Å². The van der Waals surface area contributed by atoms with Gasteiger partial charge in [0.05, 0.1) is 0 Å². The Labute approximate surface area is 97.4 Å². The molecule has 1 atom stereocenters. The van der Waals surface area contributed by atoms with Crippen molar-refractivity contribution < 1.29 is 9.53 Å². The number of hydrogen-bond acceptors (Lipinski definition) is 2. The van der Waals surface area contributed by atoms with E-state index in [2.05, 4.69) is 31.3 Å². The van der Waals surface area contributed by atoms with Gasteiger partial charge < -0.3 is 4.74 Å². The molecule has 0 rings (SSSR count). The van der Waals surface area contributed by atoms with Gasteiger partial charge in [-0.25, -0.2) is 4.79 Å². The molecule has 0 bridgehead atoms. The first-order valence-corrected chi connectivity index (χ1v) is 5.19. The minimum absolute atomic E-state index is 0.382. The average molecular weight is 216 g/mol. The molecule has 0 amide bonds. The largest absolute Gasteiger partial charge is 0.446 e. The van der Waals surface area contributed by atoms with Crippen molar-refractivity contribution in [3.8, 4) is 24.2 Å². The van der Waals surface area contributed by atoms with Gasteiger partial charge in [0.2, 0.25) is 0 Å². The third-order valence-corrected chi connectivity index (χ3v) is 1.74. The van der Waals surface area contributed by atoms with Crippen LogP contribution in [0.15, 0.2) is 24.8 Å². The molecule has 1 unspecified atom stereocenters. The zero-order valence-electron chi connectivity index (χ0n) is 9.53. The van der Waals surface area contributed by atoms with E-state index in [9.17, 15) is 4.79 Å². The lowest BCUT2D eigenvalue weighted by molar-refractivity contribution is -0.140. The minimum atomic E-state index is -0.461. The Morgan fingerprint density at radius 1 is 1.62 bits per heavy atom. The van der Waals surface area contributed by atoms with E-state index in [1.54, 1.807) is 0 Å². The Kier molecular flexibility index (Phi) is 8.46. The molecule has 0 fully saturated rings. The topological polar surface area (TPSA) is 26.3 Å². The number of carbonyl (C=O) groups is 1. The van der Waals surface area contributed by atoms with E-state index in [0.717, 1.165) is 19.3 Å². The molecule has 0 aromatic heterocycles. The third kappa shape index (κ3) is 7.47. The van der Waals surface area contributed by atoms with Crippen LogP contribution >= 0.6 is 0 Å². The van der Waals surface area contributed by atoms with Crippen LogP contribution in [0.25, 0.3) is 0 Å². The molecule has 2 heteroatoms. The SMILES string of the molecule is C#C/C=C/C(=O)OC(C#CC=C)CCCC. The second-order valence-corrected chi connectivity index (χ2v) is 3.06. The second-order valence-electron chi connectivity index (χ2n) is 3.06. The van der Waals surface area contributed by atoms with E-state index in [1.165, 1.54) is 18.2 Å². The summed E-state index contributed by atoms with van der Waals surface area (Å²) in [5.41, 5.74) is 0. The van der Waals surface area contributed by atoms with Gasteiger partial charge in [-0.05, 0) is 25.0 Å². The summed E-state index contributed by atoms with van der Waals surface area (Å²) >= 11 is 0. The van der Waals surface area contributed by atoms with Gasteiger partial charge in [0, 0.05) is 6.08 Å². The van der Waals surface area contributed by atoms with Gasteiger partial charge in [0.1, 0.15) is 0 Å². The Morgan fingerprint density at radius 3 is 2.94 bits per heavy atom. The van der Waals surface area contributed by atoms with Crippen LogP contribution in [0.5, 0.6) is 0 Å². The highest BCUT2D eigenvalue weighted by molar-refractivity contribution is 5.82. The third-order valence-electron chi connectivity index (χ3n) is 1.74. The molecule has 0 heterocycles. The summed E-state index contributed by atoms with van der Waals surface area (Å²) in [4.78, 5) is 11.2. The first kappa shape index (κ1) is 14.1. The summed E-state index contributed by atoms with van der Waals surface area (Å²) in [7, 11) is 0. The van der Waals surface area contributed by atoms with Crippen LogP contribution in [-0.4, -0.2) is 12.1 Å². The molecular weight excluding hydrogens is 200 g/mol. The van der Waals surface area contributed by atoms with Crippen LogP contribution in [0.4, 0.5) is 0 Å². The maximum atomic E-state index is 11.2. The lowest BCUT2D eigenvalue weighted by atomic mass is 10.1. The Balaban J connectivity index is 4.30. The van der Waals surface area contributed by atoms with Crippen molar-refractivity contribution in [2.45, 2.75) is 32.3 Å². The van der Waals surface area contributed by atoms with Gasteiger partial charge in [-0.1, -0.05) is 37.7 Å². The monoisotopic (exact) mass is 216 g/mol. The summed E-state index contributed by atoms with van der Waals surface area (Å²) in [6.45, 7) is 5.55. The zero-order valence-corrected chi connectivity index (χ0v) is 9.53. The molecule has 0 saturated heterocycles. The summed E-state index contributed by atoms with van der Waals surface area (Å²) < 4.78 is 5.11. The molecule has 0 aliphatic carbocycles. The highest BCUT2D eigenvalue weighted by Crippen LogP contribution is 2.04. The predicted molar refractivity (Wildman–Crippen MR) is 65.4 cm³/mol. The van der Waals surface area contributed by atoms with Crippen molar-refractivity contribution in [2.24, 2.45) is 0 Å². The van der Waals surface area contributed by atoms with Gasteiger partial charge >= 0.3 is 5.97 Å². The van der Waals surface area contributed by atoms with E-state index < -0.39 is 5.97 Å². The molecule has 0 saturated carbocycles. The van der Waals surface area contributed by atoms with Crippen LogP contribution in [0.1, 0.15) is 26.2 Å². The van der Waals surface area contributed by atoms with Crippen molar-refractivity contribution in [1.29, 1.82) is 0 Å². The molecule has 0 spiro atoms. The summed E-state index contributed by atoms with van der Waals surface area (Å²) in [5.74, 6) is 7.27. The predicted octanol–water partition coefficient (Wildman–Crippen LogP) is 2.47. The summed E-state index contributed by atoms with van der Waals surface area (Å²) in [6, 6.07) is 0. The number of rotatable bonds is 5. The Morgan fingerprint density at radius 2 is 2.38 bits per heavy atom. The molecular formula is C14H16O2. The summed E-state index contributed by atoms with van der Waals surface area (Å²) in [5, 5.41) is 0. The van der Waals surface area contributed by atoms with E-state index >= 15 is 0 Å².